The third kappa shape index (κ3) is 69.8. The van der Waals surface area contributed by atoms with Gasteiger partial charge < -0.3 is 14.2 Å². The van der Waals surface area contributed by atoms with E-state index in [9.17, 15) is 14.4 Å². The zero-order chi connectivity index (χ0) is 59.9. The summed E-state index contributed by atoms with van der Waals surface area (Å²) in [5.74, 6) is -0.843. The average Bonchev–Trinajstić information content (AvgIpc) is 3.48. The Bertz CT molecular complexity index is 1470. The first-order chi connectivity index (χ1) is 41.0. The first-order valence-corrected chi connectivity index (χ1v) is 36.8. The summed E-state index contributed by atoms with van der Waals surface area (Å²) in [5, 5.41) is 0. The third-order valence-electron chi connectivity index (χ3n) is 16.5. The fourth-order valence-corrected chi connectivity index (χ4v) is 11.0. The van der Waals surface area contributed by atoms with Gasteiger partial charge in [-0.25, -0.2) is 0 Å². The van der Waals surface area contributed by atoms with Crippen LogP contribution in [0, 0.1) is 0 Å². The van der Waals surface area contributed by atoms with Crippen LogP contribution in [-0.4, -0.2) is 37.2 Å². The van der Waals surface area contributed by atoms with E-state index >= 15 is 0 Å². The van der Waals surface area contributed by atoms with Gasteiger partial charge in [-0.15, -0.1) is 0 Å². The highest BCUT2D eigenvalue weighted by atomic mass is 16.6. The summed E-state index contributed by atoms with van der Waals surface area (Å²) in [6.07, 6.45) is 92.7. The molecule has 1 atom stereocenters. The van der Waals surface area contributed by atoms with Crippen LogP contribution < -0.4 is 0 Å². The van der Waals surface area contributed by atoms with Gasteiger partial charge in [0.1, 0.15) is 13.2 Å². The number of ether oxygens (including phenoxy) is 3. The zero-order valence-electron chi connectivity index (χ0n) is 55.7. The lowest BCUT2D eigenvalue weighted by Gasteiger charge is -2.18. The summed E-state index contributed by atoms with van der Waals surface area (Å²) in [6, 6.07) is 0. The first-order valence-electron chi connectivity index (χ1n) is 36.8. The van der Waals surface area contributed by atoms with Crippen molar-refractivity contribution in [2.45, 2.75) is 399 Å². The molecule has 484 valence electrons. The van der Waals surface area contributed by atoms with Gasteiger partial charge in [0, 0.05) is 19.3 Å². The minimum Gasteiger partial charge on any atom is -0.462 e. The number of hydrogen-bond donors (Lipinski definition) is 0. The van der Waals surface area contributed by atoms with E-state index in [0.29, 0.717) is 19.3 Å². The molecule has 0 saturated carbocycles. The van der Waals surface area contributed by atoms with E-state index in [1.54, 1.807) is 0 Å². The van der Waals surface area contributed by atoms with Crippen LogP contribution in [0.1, 0.15) is 393 Å². The van der Waals surface area contributed by atoms with Crippen LogP contribution in [0.15, 0.2) is 60.8 Å². The van der Waals surface area contributed by atoms with Gasteiger partial charge in [0.2, 0.25) is 0 Å². The Morgan fingerprint density at radius 2 is 0.470 bits per heavy atom. The average molecular weight is 1160 g/mol. The van der Waals surface area contributed by atoms with Gasteiger partial charge in [-0.2, -0.15) is 0 Å². The Labute approximate surface area is 517 Å². The Kier molecular flexibility index (Phi) is 69.1. The van der Waals surface area contributed by atoms with Gasteiger partial charge in [0.15, 0.2) is 6.10 Å². The highest BCUT2D eigenvalue weighted by molar-refractivity contribution is 5.71. The van der Waals surface area contributed by atoms with E-state index in [4.69, 9.17) is 14.2 Å². The van der Waals surface area contributed by atoms with E-state index in [1.807, 2.05) is 0 Å². The van der Waals surface area contributed by atoms with Gasteiger partial charge in [0.25, 0.3) is 0 Å². The van der Waals surface area contributed by atoms with Crippen molar-refractivity contribution in [2.75, 3.05) is 13.2 Å². The molecular weight excluding hydrogens is 1020 g/mol. The SMILES string of the molecule is CC/C=C\C/C=C\C/C=C\C/C=C\CCCCCCCCCCCCCCCCCCCCCCC(=O)OCC(COC(=O)CCCCCCCCCCCCC)OC(=O)CCCCCCCCCCC/C=C\CCCCCCCCCC. The third-order valence-corrected chi connectivity index (χ3v) is 16.5. The molecular formula is C77H140O6. The molecule has 0 aromatic carbocycles. The highest BCUT2D eigenvalue weighted by Gasteiger charge is 2.19. The minimum atomic E-state index is -0.771. The summed E-state index contributed by atoms with van der Waals surface area (Å²) < 4.78 is 17.0. The zero-order valence-corrected chi connectivity index (χ0v) is 55.7. The molecule has 0 aliphatic heterocycles. The fraction of sp³-hybridized carbons (Fsp3) is 0.831. The molecule has 0 bridgehead atoms. The number of hydrogen-bond acceptors (Lipinski definition) is 6. The monoisotopic (exact) mass is 1160 g/mol. The topological polar surface area (TPSA) is 78.9 Å². The number of carbonyl (C=O) groups excluding carboxylic acids is 3. The Balaban J connectivity index is 4.11. The summed E-state index contributed by atoms with van der Waals surface area (Å²) in [5.41, 5.74) is 0. The Hall–Kier alpha value is -2.89. The maximum atomic E-state index is 12.9. The van der Waals surface area contributed by atoms with Crippen molar-refractivity contribution < 1.29 is 28.6 Å². The number of rotatable bonds is 68. The van der Waals surface area contributed by atoms with Gasteiger partial charge >= 0.3 is 17.9 Å². The molecule has 0 radical (unpaired) electrons. The van der Waals surface area contributed by atoms with Crippen LogP contribution in [-0.2, 0) is 28.6 Å². The van der Waals surface area contributed by atoms with Crippen LogP contribution in [0.4, 0.5) is 0 Å². The highest BCUT2D eigenvalue weighted by Crippen LogP contribution is 2.18. The molecule has 6 nitrogen and oxygen atoms in total. The lowest BCUT2D eigenvalue weighted by atomic mass is 10.0. The van der Waals surface area contributed by atoms with Crippen LogP contribution in [0.5, 0.6) is 0 Å². The van der Waals surface area contributed by atoms with Gasteiger partial charge in [-0.3, -0.25) is 14.4 Å². The number of unbranched alkanes of at least 4 members (excludes halogenated alkanes) is 47. The molecule has 0 N–H and O–H groups in total. The van der Waals surface area contributed by atoms with Gasteiger partial charge in [-0.05, 0) is 83.5 Å². The lowest BCUT2D eigenvalue weighted by Crippen LogP contribution is -2.30. The maximum Gasteiger partial charge on any atom is 0.306 e. The normalized spacial score (nSPS) is 12.4. The summed E-state index contributed by atoms with van der Waals surface area (Å²) >= 11 is 0. The van der Waals surface area contributed by atoms with E-state index in [1.165, 1.54) is 270 Å². The number of carbonyl (C=O) groups is 3. The van der Waals surface area contributed by atoms with Crippen LogP contribution in [0.2, 0.25) is 0 Å². The van der Waals surface area contributed by atoms with Crippen molar-refractivity contribution in [1.82, 2.24) is 0 Å². The smallest absolute Gasteiger partial charge is 0.306 e. The van der Waals surface area contributed by atoms with Crippen molar-refractivity contribution in [3.8, 4) is 0 Å². The van der Waals surface area contributed by atoms with Crippen molar-refractivity contribution in [1.29, 1.82) is 0 Å². The quantitative estimate of drug-likeness (QED) is 0.0261. The molecule has 0 spiro atoms. The molecule has 0 fully saturated rings. The standard InChI is InChI=1S/C77H140O6/c1-4-7-10-13-16-19-22-24-26-28-30-32-33-34-35-36-37-38-39-40-41-42-43-45-46-48-50-52-55-58-61-64-67-70-76(79)82-73-74(72-81-75(78)69-66-63-60-57-54-21-18-15-12-9-6-3)83-77(80)71-68-65-62-59-56-53-51-49-47-44-31-29-27-25-23-20-17-14-11-8-5-2/h7,10,16,19,24,26,29-32,74H,4-6,8-9,11-15,17-18,20-23,25,27-28,33-73H2,1-3H3/b10-7-,19-16-,26-24-,31-29-,32-30-. The van der Waals surface area contributed by atoms with Crippen molar-refractivity contribution in [3.05, 3.63) is 60.8 Å². The second-order valence-electron chi connectivity index (χ2n) is 24.8. The van der Waals surface area contributed by atoms with Crippen LogP contribution in [0.3, 0.4) is 0 Å². The van der Waals surface area contributed by atoms with Crippen LogP contribution in [0.25, 0.3) is 0 Å². The lowest BCUT2D eigenvalue weighted by molar-refractivity contribution is -0.167. The van der Waals surface area contributed by atoms with Gasteiger partial charge in [-0.1, -0.05) is 351 Å². The minimum absolute atomic E-state index is 0.0681. The summed E-state index contributed by atoms with van der Waals surface area (Å²) in [6.45, 7) is 6.58. The Morgan fingerprint density at radius 1 is 0.253 bits per heavy atom. The summed E-state index contributed by atoms with van der Waals surface area (Å²) in [7, 11) is 0. The molecule has 6 heteroatoms. The molecule has 0 saturated heterocycles. The molecule has 0 amide bonds. The largest absolute Gasteiger partial charge is 0.462 e. The molecule has 0 aliphatic carbocycles. The van der Waals surface area contributed by atoms with E-state index in [-0.39, 0.29) is 31.1 Å². The molecule has 0 aromatic heterocycles. The maximum absolute atomic E-state index is 12.9. The molecule has 0 aromatic rings. The van der Waals surface area contributed by atoms with E-state index in [0.717, 1.165) is 83.5 Å². The number of esters is 3. The molecule has 0 heterocycles. The molecule has 83 heavy (non-hydrogen) atoms. The van der Waals surface area contributed by atoms with Gasteiger partial charge in [0.05, 0.1) is 0 Å². The molecule has 1 unspecified atom stereocenters. The predicted molar refractivity (Wildman–Crippen MR) is 362 cm³/mol. The first kappa shape index (κ1) is 80.1. The second-order valence-corrected chi connectivity index (χ2v) is 24.8. The van der Waals surface area contributed by atoms with Crippen LogP contribution >= 0.6 is 0 Å². The Morgan fingerprint density at radius 3 is 0.747 bits per heavy atom. The van der Waals surface area contributed by atoms with E-state index in [2.05, 4.69) is 81.5 Å². The summed E-state index contributed by atoms with van der Waals surface area (Å²) in [4.78, 5) is 38.4. The van der Waals surface area contributed by atoms with Crippen molar-refractivity contribution in [3.63, 3.8) is 0 Å². The molecule has 0 aliphatic rings. The van der Waals surface area contributed by atoms with Crippen molar-refractivity contribution in [2.24, 2.45) is 0 Å². The van der Waals surface area contributed by atoms with E-state index < -0.39 is 6.10 Å². The number of allylic oxidation sites excluding steroid dienone is 10. The van der Waals surface area contributed by atoms with Crippen molar-refractivity contribution >= 4 is 17.9 Å². The molecule has 0 rings (SSSR count). The predicted octanol–water partition coefficient (Wildman–Crippen LogP) is 25.5. The fourth-order valence-electron chi connectivity index (χ4n) is 11.0. The second kappa shape index (κ2) is 71.6.